The van der Waals surface area contributed by atoms with Crippen LogP contribution in [0.2, 0.25) is 0 Å². The molecule has 1 N–H and O–H groups in total. The number of aromatic amines is 1. The molecule has 1 spiro atoms. The van der Waals surface area contributed by atoms with E-state index in [2.05, 4.69) is 76.0 Å². The van der Waals surface area contributed by atoms with Crippen molar-refractivity contribution in [3.8, 4) is 22.4 Å². The lowest BCUT2D eigenvalue weighted by molar-refractivity contribution is 0.00578. The lowest BCUT2D eigenvalue weighted by Crippen LogP contribution is -2.41. The van der Waals surface area contributed by atoms with E-state index in [0.29, 0.717) is 12.5 Å². The van der Waals surface area contributed by atoms with Crippen molar-refractivity contribution in [1.29, 1.82) is 0 Å². The molecule has 7 rings (SSSR count). The van der Waals surface area contributed by atoms with E-state index in [9.17, 15) is 4.79 Å². The van der Waals surface area contributed by atoms with Crippen LogP contribution < -0.4 is 5.46 Å². The molecule has 1 amide bonds. The molecule has 8 heteroatoms. The number of nitrogens with zero attached hydrogens (tertiary/aromatic N) is 2. The van der Waals surface area contributed by atoms with Gasteiger partial charge in [0.25, 0.3) is 0 Å². The average molecular weight is 624 g/mol. The fourth-order valence-electron chi connectivity index (χ4n) is 8.31. The van der Waals surface area contributed by atoms with E-state index in [1.165, 1.54) is 59.8 Å². The first-order valence-corrected chi connectivity index (χ1v) is 17.3. The SMILES string of the molecule is C[C@H]1C[C@@H](c2nc(-c3ccc(-c4ccc(B5OC(C)(C)C(C)(C)O5)c5c4C4(CCCC4)CC5)cc3)c[nH]2)N(C(=O)OC(C)(C)C)C1. The zero-order chi connectivity index (χ0) is 32.6. The molecule has 2 atom stereocenters. The van der Waals surface area contributed by atoms with Crippen molar-refractivity contribution in [3.05, 3.63) is 59.5 Å². The molecule has 0 bridgehead atoms. The number of benzene rings is 2. The summed E-state index contributed by atoms with van der Waals surface area (Å²) in [6.45, 7) is 17.1. The van der Waals surface area contributed by atoms with Crippen LogP contribution in [0.5, 0.6) is 0 Å². The third-order valence-corrected chi connectivity index (χ3v) is 11.3. The molecule has 2 aliphatic heterocycles. The number of rotatable bonds is 4. The van der Waals surface area contributed by atoms with Crippen molar-refractivity contribution in [3.63, 3.8) is 0 Å². The van der Waals surface area contributed by atoms with Gasteiger partial charge >= 0.3 is 13.2 Å². The Hall–Kier alpha value is -3.10. The maximum atomic E-state index is 13.0. The monoisotopic (exact) mass is 623 g/mol. The smallest absolute Gasteiger partial charge is 0.444 e. The van der Waals surface area contributed by atoms with Crippen LogP contribution in [0.1, 0.15) is 117 Å². The molecule has 2 aromatic carbocycles. The summed E-state index contributed by atoms with van der Waals surface area (Å²) in [7, 11) is -0.338. The summed E-state index contributed by atoms with van der Waals surface area (Å²) in [4.78, 5) is 23.2. The Bertz CT molecular complexity index is 1610. The Morgan fingerprint density at radius 1 is 0.978 bits per heavy atom. The summed E-state index contributed by atoms with van der Waals surface area (Å²) in [5.41, 5.74) is 7.71. The minimum Gasteiger partial charge on any atom is -0.444 e. The van der Waals surface area contributed by atoms with Gasteiger partial charge in [0.05, 0.1) is 22.9 Å². The van der Waals surface area contributed by atoms with E-state index in [1.807, 2.05) is 31.9 Å². The van der Waals surface area contributed by atoms with Crippen LogP contribution in [0.3, 0.4) is 0 Å². The molecule has 244 valence electrons. The van der Waals surface area contributed by atoms with Gasteiger partial charge in [0.1, 0.15) is 11.4 Å². The summed E-state index contributed by atoms with van der Waals surface area (Å²) < 4.78 is 18.8. The molecule has 3 aromatic rings. The number of carbonyl (C=O) groups excluding carboxylic acids is 1. The van der Waals surface area contributed by atoms with Gasteiger partial charge in [-0.1, -0.05) is 56.2 Å². The number of aromatic nitrogens is 2. The minimum atomic E-state index is -0.534. The average Bonchev–Trinajstić information content (AvgIpc) is 3.81. The molecule has 1 saturated carbocycles. The first kappa shape index (κ1) is 31.5. The maximum Gasteiger partial charge on any atom is 0.495 e. The molecule has 2 aliphatic carbocycles. The van der Waals surface area contributed by atoms with E-state index in [4.69, 9.17) is 19.0 Å². The number of imidazole rings is 1. The lowest BCUT2D eigenvalue weighted by Gasteiger charge is -2.32. The summed E-state index contributed by atoms with van der Waals surface area (Å²) >= 11 is 0. The molecule has 2 saturated heterocycles. The molecular formula is C38H50BN3O4. The topological polar surface area (TPSA) is 76.7 Å². The predicted octanol–water partition coefficient (Wildman–Crippen LogP) is 8.12. The standard InChI is InChI=1S/C38H50BN3O4/c1-24-21-31(42(23-24)34(43)44-35(2,3)4)33-40-22-30(41-33)26-13-11-25(12-14-26)27-15-16-29(39-45-36(5,6)37(7,8)46-39)28-17-20-38(32(27)28)18-9-10-19-38/h11-16,22,24,31H,9-10,17-21,23H2,1-8H3,(H,40,41)/t24-,31-/m0/s1. The van der Waals surface area contributed by atoms with Crippen LogP contribution in [0.25, 0.3) is 22.4 Å². The zero-order valence-electron chi connectivity index (χ0n) is 29.0. The molecule has 0 unspecified atom stereocenters. The lowest BCUT2D eigenvalue weighted by atomic mass is 9.70. The normalized spacial score (nSPS) is 24.6. The van der Waals surface area contributed by atoms with Crippen LogP contribution in [-0.2, 0) is 25.9 Å². The van der Waals surface area contributed by atoms with Crippen molar-refractivity contribution in [1.82, 2.24) is 14.9 Å². The highest BCUT2D eigenvalue weighted by molar-refractivity contribution is 6.62. The van der Waals surface area contributed by atoms with E-state index >= 15 is 0 Å². The van der Waals surface area contributed by atoms with Crippen LogP contribution in [0, 0.1) is 5.92 Å². The summed E-state index contributed by atoms with van der Waals surface area (Å²) in [6, 6.07) is 13.3. The van der Waals surface area contributed by atoms with E-state index in [-0.39, 0.29) is 35.9 Å². The predicted molar refractivity (Wildman–Crippen MR) is 183 cm³/mol. The first-order valence-electron chi connectivity index (χ1n) is 17.3. The second-order valence-corrected chi connectivity index (χ2v) is 16.4. The Morgan fingerprint density at radius 2 is 1.63 bits per heavy atom. The van der Waals surface area contributed by atoms with Gasteiger partial charge in [-0.3, -0.25) is 4.90 Å². The number of ether oxygens (including phenoxy) is 1. The molecular weight excluding hydrogens is 573 g/mol. The quantitative estimate of drug-likeness (QED) is 0.297. The third kappa shape index (κ3) is 5.39. The summed E-state index contributed by atoms with van der Waals surface area (Å²) in [5, 5.41) is 0. The van der Waals surface area contributed by atoms with Crippen molar-refractivity contribution >= 4 is 18.7 Å². The van der Waals surface area contributed by atoms with Gasteiger partial charge in [0, 0.05) is 18.3 Å². The molecule has 3 heterocycles. The fourth-order valence-corrected chi connectivity index (χ4v) is 8.31. The highest BCUT2D eigenvalue weighted by Gasteiger charge is 2.54. The number of hydrogen-bond donors (Lipinski definition) is 1. The van der Waals surface area contributed by atoms with Crippen molar-refractivity contribution in [2.45, 2.75) is 129 Å². The van der Waals surface area contributed by atoms with Crippen LogP contribution in [-0.4, -0.2) is 51.4 Å². The number of likely N-dealkylation sites (tertiary alicyclic amines) is 1. The zero-order valence-corrected chi connectivity index (χ0v) is 29.0. The van der Waals surface area contributed by atoms with Gasteiger partial charge in [0.15, 0.2) is 0 Å². The second-order valence-electron chi connectivity index (χ2n) is 16.4. The van der Waals surface area contributed by atoms with Gasteiger partial charge in [-0.05, 0) is 120 Å². The van der Waals surface area contributed by atoms with Crippen molar-refractivity contribution in [2.24, 2.45) is 5.92 Å². The summed E-state index contributed by atoms with van der Waals surface area (Å²) in [5.74, 6) is 1.19. The Morgan fingerprint density at radius 3 is 2.28 bits per heavy atom. The first-order chi connectivity index (χ1) is 21.7. The van der Waals surface area contributed by atoms with Crippen LogP contribution in [0.4, 0.5) is 4.79 Å². The van der Waals surface area contributed by atoms with Gasteiger partial charge in [-0.15, -0.1) is 0 Å². The molecule has 3 fully saturated rings. The second kappa shape index (κ2) is 11.0. The largest absolute Gasteiger partial charge is 0.495 e. The van der Waals surface area contributed by atoms with Gasteiger partial charge in [-0.25, -0.2) is 9.78 Å². The molecule has 1 aromatic heterocycles. The third-order valence-electron chi connectivity index (χ3n) is 11.3. The number of nitrogens with one attached hydrogen (secondary N) is 1. The van der Waals surface area contributed by atoms with Crippen LogP contribution >= 0.6 is 0 Å². The summed E-state index contributed by atoms with van der Waals surface area (Å²) in [6.07, 6.45) is 9.95. The number of carbonyl (C=O) groups is 1. The number of hydrogen-bond acceptors (Lipinski definition) is 5. The van der Waals surface area contributed by atoms with E-state index in [1.54, 1.807) is 0 Å². The van der Waals surface area contributed by atoms with E-state index in [0.717, 1.165) is 29.9 Å². The van der Waals surface area contributed by atoms with E-state index < -0.39 is 5.60 Å². The number of amides is 1. The van der Waals surface area contributed by atoms with Gasteiger partial charge < -0.3 is 19.0 Å². The Labute approximate surface area is 274 Å². The maximum absolute atomic E-state index is 13.0. The Balaban J connectivity index is 1.18. The Kier molecular flexibility index (Phi) is 7.52. The van der Waals surface area contributed by atoms with Crippen molar-refractivity contribution in [2.75, 3.05) is 6.54 Å². The fraction of sp³-hybridized carbons (Fsp3) is 0.579. The van der Waals surface area contributed by atoms with Crippen LogP contribution in [0.15, 0.2) is 42.6 Å². The van der Waals surface area contributed by atoms with Gasteiger partial charge in [-0.2, -0.15) is 0 Å². The molecule has 46 heavy (non-hydrogen) atoms. The van der Waals surface area contributed by atoms with Crippen molar-refractivity contribution < 1.29 is 18.8 Å². The molecule has 4 aliphatic rings. The minimum absolute atomic E-state index is 0.120. The highest BCUT2D eigenvalue weighted by Crippen LogP contribution is 2.53. The number of fused-ring (bicyclic) bond motifs is 2. The molecule has 7 nitrogen and oxygen atoms in total. The molecule has 0 radical (unpaired) electrons. The highest BCUT2D eigenvalue weighted by atomic mass is 16.7. The van der Waals surface area contributed by atoms with Gasteiger partial charge in [0.2, 0.25) is 0 Å². The number of H-pyrrole nitrogens is 1.